The van der Waals surface area contributed by atoms with E-state index in [-0.39, 0.29) is 41.1 Å². The number of hydrogen-bond donors (Lipinski definition) is 1. The molecule has 0 aliphatic carbocycles. The van der Waals surface area contributed by atoms with E-state index in [0.717, 1.165) is 5.56 Å². The third-order valence-corrected chi connectivity index (χ3v) is 7.75. The number of carbonyl (C=O) groups excluding carboxylic acids is 1. The average Bonchev–Trinajstić information content (AvgIpc) is 3.02. The quantitative estimate of drug-likeness (QED) is 0.189. The number of para-hydroxylation sites is 2. The normalized spacial score (nSPS) is 13.6. The van der Waals surface area contributed by atoms with Crippen LogP contribution in [-0.2, 0) is 22.4 Å². The zero-order valence-electron chi connectivity index (χ0n) is 24.4. The van der Waals surface area contributed by atoms with Crippen LogP contribution in [0.25, 0.3) is 33.3 Å². The van der Waals surface area contributed by atoms with Gasteiger partial charge < -0.3 is 32.6 Å². The molecule has 4 heterocycles. The Labute approximate surface area is 258 Å². The minimum atomic E-state index is -1.21. The SMILES string of the molecule is COc1cccc2c(Cc3cc4c(oc3=O)-c3cc(Cc5cc(=O)oc6c(O)cccc56)ccc3OC4OC(C)=O)cc(=O)oc12. The van der Waals surface area contributed by atoms with Crippen molar-refractivity contribution < 1.29 is 37.4 Å². The summed E-state index contributed by atoms with van der Waals surface area (Å²) >= 11 is 0. The molecule has 46 heavy (non-hydrogen) atoms. The highest BCUT2D eigenvalue weighted by molar-refractivity contribution is 5.86. The Bertz CT molecular complexity index is 2380. The summed E-state index contributed by atoms with van der Waals surface area (Å²) in [4.78, 5) is 50.2. The van der Waals surface area contributed by atoms with Crippen molar-refractivity contribution in [2.45, 2.75) is 26.1 Å². The van der Waals surface area contributed by atoms with Gasteiger partial charge in [-0.1, -0.05) is 30.3 Å². The molecule has 11 heteroatoms. The van der Waals surface area contributed by atoms with E-state index in [2.05, 4.69) is 0 Å². The lowest BCUT2D eigenvalue weighted by Gasteiger charge is -2.27. The second-order valence-electron chi connectivity index (χ2n) is 10.8. The zero-order chi connectivity index (χ0) is 32.1. The Hall–Kier alpha value is -6.10. The molecule has 1 unspecified atom stereocenters. The molecule has 3 aromatic carbocycles. The topological polar surface area (TPSA) is 156 Å². The number of phenols is 1. The minimum Gasteiger partial charge on any atom is -0.504 e. The Morgan fingerprint density at radius 1 is 0.804 bits per heavy atom. The molecule has 0 saturated heterocycles. The van der Waals surface area contributed by atoms with Crippen LogP contribution in [0.3, 0.4) is 0 Å². The molecule has 0 bridgehead atoms. The number of rotatable bonds is 6. The molecule has 1 atom stereocenters. The molecule has 0 fully saturated rings. The first-order valence-electron chi connectivity index (χ1n) is 14.2. The van der Waals surface area contributed by atoms with Crippen molar-refractivity contribution in [3.05, 3.63) is 132 Å². The molecule has 0 amide bonds. The van der Waals surface area contributed by atoms with Crippen LogP contribution in [0.1, 0.15) is 41.0 Å². The summed E-state index contributed by atoms with van der Waals surface area (Å²) in [7, 11) is 1.46. The van der Waals surface area contributed by atoms with Gasteiger partial charge in [-0.05, 0) is 53.4 Å². The van der Waals surface area contributed by atoms with Gasteiger partial charge in [0.15, 0.2) is 28.4 Å². The van der Waals surface area contributed by atoms with Crippen LogP contribution in [0.5, 0.6) is 17.2 Å². The highest BCUT2D eigenvalue weighted by Gasteiger charge is 2.32. The van der Waals surface area contributed by atoms with Crippen molar-refractivity contribution in [3.8, 4) is 28.6 Å². The lowest BCUT2D eigenvalue weighted by Crippen LogP contribution is -2.22. The number of ether oxygens (including phenoxy) is 3. The fourth-order valence-corrected chi connectivity index (χ4v) is 5.76. The highest BCUT2D eigenvalue weighted by Crippen LogP contribution is 2.43. The fourth-order valence-electron chi connectivity index (χ4n) is 5.76. The number of carbonyl (C=O) groups is 1. The third-order valence-electron chi connectivity index (χ3n) is 7.75. The average molecular weight is 621 g/mol. The van der Waals surface area contributed by atoms with Crippen LogP contribution in [0, 0.1) is 0 Å². The number of phenolic OH excluding ortho intramolecular Hbond substituents is 1. The van der Waals surface area contributed by atoms with Gasteiger partial charge in [-0.15, -0.1) is 0 Å². The Morgan fingerprint density at radius 2 is 1.50 bits per heavy atom. The van der Waals surface area contributed by atoms with Crippen molar-refractivity contribution in [3.63, 3.8) is 0 Å². The van der Waals surface area contributed by atoms with Gasteiger partial charge in [-0.2, -0.15) is 0 Å². The smallest absolute Gasteiger partial charge is 0.339 e. The summed E-state index contributed by atoms with van der Waals surface area (Å²) in [6.07, 6.45) is -0.935. The van der Waals surface area contributed by atoms with Gasteiger partial charge in [0.2, 0.25) is 0 Å². The van der Waals surface area contributed by atoms with E-state index in [1.807, 2.05) is 0 Å². The van der Waals surface area contributed by atoms with Gasteiger partial charge in [0, 0.05) is 41.8 Å². The lowest BCUT2D eigenvalue weighted by molar-refractivity contribution is -0.162. The van der Waals surface area contributed by atoms with E-state index in [9.17, 15) is 24.3 Å². The van der Waals surface area contributed by atoms with Gasteiger partial charge in [-0.3, -0.25) is 4.79 Å². The molecular formula is C35H24O11. The predicted molar refractivity (Wildman–Crippen MR) is 164 cm³/mol. The molecule has 11 nitrogen and oxygen atoms in total. The second kappa shape index (κ2) is 11.1. The molecule has 230 valence electrons. The van der Waals surface area contributed by atoms with Gasteiger partial charge in [0.25, 0.3) is 6.29 Å². The Kier molecular flexibility index (Phi) is 6.93. The summed E-state index contributed by atoms with van der Waals surface area (Å²) in [5.74, 6) is 0.0673. The van der Waals surface area contributed by atoms with Crippen LogP contribution in [0.4, 0.5) is 0 Å². The third kappa shape index (κ3) is 5.07. The lowest BCUT2D eigenvalue weighted by atomic mass is 9.95. The summed E-state index contributed by atoms with van der Waals surface area (Å²) in [6.45, 7) is 1.24. The van der Waals surface area contributed by atoms with E-state index in [1.54, 1.807) is 54.6 Å². The van der Waals surface area contributed by atoms with Gasteiger partial charge in [0.05, 0.1) is 18.2 Å². The van der Waals surface area contributed by atoms with Crippen molar-refractivity contribution >= 4 is 27.9 Å². The van der Waals surface area contributed by atoms with Crippen LogP contribution < -0.4 is 26.4 Å². The molecule has 0 radical (unpaired) electrons. The van der Waals surface area contributed by atoms with E-state index >= 15 is 0 Å². The Morgan fingerprint density at radius 3 is 2.24 bits per heavy atom. The van der Waals surface area contributed by atoms with Crippen LogP contribution in [-0.4, -0.2) is 18.2 Å². The number of aromatic hydroxyl groups is 1. The fraction of sp³-hybridized carbons (Fsp3) is 0.143. The molecule has 1 N–H and O–H groups in total. The summed E-state index contributed by atoms with van der Waals surface area (Å²) in [5.41, 5.74) is 1.23. The summed E-state index contributed by atoms with van der Waals surface area (Å²) < 4.78 is 33.3. The largest absolute Gasteiger partial charge is 0.504 e. The standard InChI is InChI=1S/C35H24O11/c1-17(36)42-35-25-14-21(13-20-16-30(39)45-33-23(20)6-4-8-28(33)41-2)34(40)46-31(25)24-12-18(9-10-27(24)43-35)11-19-15-29(38)44-32-22(19)5-3-7-26(32)37/h3-10,12,14-16,35,37H,11,13H2,1-2H3. The molecular weight excluding hydrogens is 596 g/mol. The summed E-state index contributed by atoms with van der Waals surface area (Å²) in [6, 6.07) is 19.4. The first-order chi connectivity index (χ1) is 22.2. The number of esters is 1. The monoisotopic (exact) mass is 620 g/mol. The minimum absolute atomic E-state index is 0.00107. The van der Waals surface area contributed by atoms with E-state index in [0.29, 0.717) is 44.5 Å². The first-order valence-corrected chi connectivity index (χ1v) is 14.2. The molecule has 0 spiro atoms. The van der Waals surface area contributed by atoms with E-state index < -0.39 is 29.1 Å². The van der Waals surface area contributed by atoms with E-state index in [4.69, 9.17) is 27.5 Å². The molecule has 0 saturated carbocycles. The van der Waals surface area contributed by atoms with Gasteiger partial charge in [0.1, 0.15) is 5.75 Å². The predicted octanol–water partition coefficient (Wildman–Crippen LogP) is 5.37. The number of benzene rings is 3. The number of fused-ring (bicyclic) bond motifs is 5. The first kappa shape index (κ1) is 28.7. The van der Waals surface area contributed by atoms with Crippen molar-refractivity contribution in [2.75, 3.05) is 7.11 Å². The number of methoxy groups -OCH3 is 1. The molecule has 7 rings (SSSR count). The van der Waals surface area contributed by atoms with Crippen molar-refractivity contribution in [2.24, 2.45) is 0 Å². The van der Waals surface area contributed by atoms with Gasteiger partial charge >= 0.3 is 22.8 Å². The van der Waals surface area contributed by atoms with Crippen LogP contribution in [0.15, 0.2) is 100 Å². The van der Waals surface area contributed by atoms with Crippen LogP contribution in [0.2, 0.25) is 0 Å². The maximum atomic E-state index is 13.5. The highest BCUT2D eigenvalue weighted by atomic mass is 16.7. The molecule has 1 aliphatic heterocycles. The van der Waals surface area contributed by atoms with Gasteiger partial charge in [-0.25, -0.2) is 14.4 Å². The maximum absolute atomic E-state index is 13.5. The number of hydrogen-bond acceptors (Lipinski definition) is 11. The molecule has 3 aromatic heterocycles. The Balaban J connectivity index is 1.32. The summed E-state index contributed by atoms with van der Waals surface area (Å²) in [5, 5.41) is 11.4. The molecule has 1 aliphatic rings. The van der Waals surface area contributed by atoms with Crippen molar-refractivity contribution in [1.29, 1.82) is 0 Å². The van der Waals surface area contributed by atoms with E-state index in [1.165, 1.54) is 32.2 Å². The second-order valence-corrected chi connectivity index (χ2v) is 10.8. The van der Waals surface area contributed by atoms with Crippen molar-refractivity contribution in [1.82, 2.24) is 0 Å². The van der Waals surface area contributed by atoms with Crippen LogP contribution >= 0.6 is 0 Å². The zero-order valence-corrected chi connectivity index (χ0v) is 24.4. The maximum Gasteiger partial charge on any atom is 0.339 e. The molecule has 6 aromatic rings.